The molecule has 2 nitrogen and oxygen atoms in total. The Morgan fingerprint density at radius 2 is 1.40 bits per heavy atom. The van der Waals surface area contributed by atoms with Crippen LogP contribution in [0.15, 0.2) is 0 Å². The average Bonchev–Trinajstić information content (AvgIpc) is 1.97. The van der Waals surface area contributed by atoms with Gasteiger partial charge in [0.2, 0.25) is 0 Å². The van der Waals surface area contributed by atoms with Crippen molar-refractivity contribution in [3.63, 3.8) is 0 Å². The highest BCUT2D eigenvalue weighted by Gasteiger charge is 2.22. The number of hydrogen-bond acceptors (Lipinski definition) is 2. The molecule has 0 radical (unpaired) electrons. The van der Waals surface area contributed by atoms with Crippen LogP contribution in [0.5, 0.6) is 0 Å². The fraction of sp³-hybridized carbons (Fsp3) is 1.00. The second-order valence-corrected chi connectivity index (χ2v) is 5.93. The third kappa shape index (κ3) is 11.8. The lowest BCUT2D eigenvalue weighted by Gasteiger charge is -2.30. The standard InChI is InChI=1S/C12H26O2.CH4/c1-10(2)13-8-12(6,7)9-14-11(3,4)5;/h10H,8-9H2,1-7H3;1H4. The zero-order valence-corrected chi connectivity index (χ0v) is 10.8. The molecule has 0 atom stereocenters. The van der Waals surface area contributed by atoms with Crippen LogP contribution < -0.4 is 0 Å². The smallest absolute Gasteiger partial charge is 0.0598 e. The second-order valence-electron chi connectivity index (χ2n) is 5.93. The third-order valence-electron chi connectivity index (χ3n) is 1.70. The Balaban J connectivity index is 0. The Morgan fingerprint density at radius 3 is 1.73 bits per heavy atom. The molecule has 0 aromatic rings. The summed E-state index contributed by atoms with van der Waals surface area (Å²) in [5.41, 5.74) is 0.0344. The number of hydrogen-bond donors (Lipinski definition) is 0. The second kappa shape index (κ2) is 6.49. The van der Waals surface area contributed by atoms with Crippen LogP contribution in [0.2, 0.25) is 0 Å². The minimum Gasteiger partial charge on any atom is -0.378 e. The molecule has 0 aliphatic rings. The lowest BCUT2D eigenvalue weighted by molar-refractivity contribution is -0.0745. The van der Waals surface area contributed by atoms with E-state index in [0.29, 0.717) is 6.10 Å². The van der Waals surface area contributed by atoms with Gasteiger partial charge in [-0.1, -0.05) is 21.3 Å². The molecule has 0 heterocycles. The highest BCUT2D eigenvalue weighted by Crippen LogP contribution is 2.20. The van der Waals surface area contributed by atoms with Crippen molar-refractivity contribution in [2.24, 2.45) is 5.41 Å². The summed E-state index contributed by atoms with van der Waals surface area (Å²) in [5, 5.41) is 0. The van der Waals surface area contributed by atoms with Crippen molar-refractivity contribution in [2.75, 3.05) is 13.2 Å². The van der Waals surface area contributed by atoms with Gasteiger partial charge in [0.25, 0.3) is 0 Å². The number of ether oxygens (including phenoxy) is 2. The van der Waals surface area contributed by atoms with Gasteiger partial charge in [-0.15, -0.1) is 0 Å². The Bertz CT molecular complexity index is 154. The zero-order chi connectivity index (χ0) is 11.4. The van der Waals surface area contributed by atoms with Gasteiger partial charge in [0.15, 0.2) is 0 Å². The van der Waals surface area contributed by atoms with Gasteiger partial charge < -0.3 is 9.47 Å². The van der Waals surface area contributed by atoms with Crippen LogP contribution in [0.3, 0.4) is 0 Å². The molecule has 2 heteroatoms. The molecule has 0 aromatic carbocycles. The van der Waals surface area contributed by atoms with E-state index in [4.69, 9.17) is 9.47 Å². The van der Waals surface area contributed by atoms with E-state index < -0.39 is 0 Å². The topological polar surface area (TPSA) is 18.5 Å². The molecule has 0 rings (SSSR count). The summed E-state index contributed by atoms with van der Waals surface area (Å²) >= 11 is 0. The summed E-state index contributed by atoms with van der Waals surface area (Å²) in [6.45, 7) is 16.2. The van der Waals surface area contributed by atoms with Crippen LogP contribution in [0, 0.1) is 5.41 Å². The third-order valence-corrected chi connectivity index (χ3v) is 1.70. The first-order chi connectivity index (χ1) is 6.12. The quantitative estimate of drug-likeness (QED) is 0.697. The van der Waals surface area contributed by atoms with E-state index >= 15 is 0 Å². The highest BCUT2D eigenvalue weighted by molar-refractivity contribution is 4.70. The van der Waals surface area contributed by atoms with Crippen LogP contribution >= 0.6 is 0 Å². The average molecular weight is 218 g/mol. The Labute approximate surface area is 96.4 Å². The molecule has 0 saturated heterocycles. The van der Waals surface area contributed by atoms with E-state index in [1.54, 1.807) is 0 Å². The predicted octanol–water partition coefficient (Wildman–Crippen LogP) is 3.89. The molecule has 0 aromatic heterocycles. The Morgan fingerprint density at radius 1 is 0.933 bits per heavy atom. The summed E-state index contributed by atoms with van der Waals surface area (Å²) in [4.78, 5) is 0. The van der Waals surface area contributed by atoms with Gasteiger partial charge in [-0.25, -0.2) is 0 Å². The van der Waals surface area contributed by atoms with E-state index in [1.807, 2.05) is 0 Å². The molecule has 94 valence electrons. The molecule has 0 saturated carbocycles. The fourth-order valence-corrected chi connectivity index (χ4v) is 0.846. The van der Waals surface area contributed by atoms with Gasteiger partial charge in [-0.2, -0.15) is 0 Å². The van der Waals surface area contributed by atoms with Gasteiger partial charge >= 0.3 is 0 Å². The molecule has 0 fully saturated rings. The lowest BCUT2D eigenvalue weighted by Crippen LogP contribution is -2.32. The van der Waals surface area contributed by atoms with Crippen molar-refractivity contribution in [2.45, 2.75) is 67.6 Å². The zero-order valence-electron chi connectivity index (χ0n) is 10.8. The first-order valence-electron chi connectivity index (χ1n) is 5.38. The maximum atomic E-state index is 5.75. The molecule has 0 aliphatic heterocycles. The van der Waals surface area contributed by atoms with E-state index in [1.165, 1.54) is 0 Å². The molecule has 0 N–H and O–H groups in total. The van der Waals surface area contributed by atoms with Crippen molar-refractivity contribution >= 4 is 0 Å². The minimum absolute atomic E-state index is 0. The van der Waals surface area contributed by atoms with E-state index in [0.717, 1.165) is 13.2 Å². The van der Waals surface area contributed by atoms with Gasteiger partial charge in [-0.3, -0.25) is 0 Å². The summed E-state index contributed by atoms with van der Waals surface area (Å²) < 4.78 is 11.3. The van der Waals surface area contributed by atoms with Gasteiger partial charge in [0.05, 0.1) is 24.9 Å². The number of rotatable bonds is 5. The van der Waals surface area contributed by atoms with Gasteiger partial charge in [0.1, 0.15) is 0 Å². The van der Waals surface area contributed by atoms with Crippen molar-refractivity contribution < 1.29 is 9.47 Å². The summed E-state index contributed by atoms with van der Waals surface area (Å²) in [5.74, 6) is 0. The lowest BCUT2D eigenvalue weighted by atomic mass is 9.96. The summed E-state index contributed by atoms with van der Waals surface area (Å²) in [7, 11) is 0. The van der Waals surface area contributed by atoms with Gasteiger partial charge in [-0.05, 0) is 34.6 Å². The molecule has 0 amide bonds. The molecule has 0 aliphatic carbocycles. The minimum atomic E-state index is -0.0604. The SMILES string of the molecule is C.CC(C)OCC(C)(C)COC(C)(C)C. The fourth-order valence-electron chi connectivity index (χ4n) is 0.846. The normalized spacial score (nSPS) is 12.8. The molecule has 15 heavy (non-hydrogen) atoms. The molecular weight excluding hydrogens is 188 g/mol. The summed E-state index contributed by atoms with van der Waals surface area (Å²) in [6.07, 6.45) is 0.295. The van der Waals surface area contributed by atoms with Crippen molar-refractivity contribution in [3.05, 3.63) is 0 Å². The van der Waals surface area contributed by atoms with Crippen molar-refractivity contribution in [1.82, 2.24) is 0 Å². The first-order valence-corrected chi connectivity index (χ1v) is 5.38. The first kappa shape index (κ1) is 17.3. The van der Waals surface area contributed by atoms with Crippen LogP contribution in [-0.2, 0) is 9.47 Å². The largest absolute Gasteiger partial charge is 0.378 e. The maximum absolute atomic E-state index is 5.75. The van der Waals surface area contributed by atoms with Crippen LogP contribution in [0.1, 0.15) is 55.9 Å². The molecule has 0 spiro atoms. The van der Waals surface area contributed by atoms with Crippen LogP contribution in [-0.4, -0.2) is 24.9 Å². The van der Waals surface area contributed by atoms with E-state index in [2.05, 4.69) is 48.5 Å². The van der Waals surface area contributed by atoms with Crippen LogP contribution in [0.25, 0.3) is 0 Å². The van der Waals surface area contributed by atoms with Crippen molar-refractivity contribution in [1.29, 1.82) is 0 Å². The van der Waals surface area contributed by atoms with E-state index in [-0.39, 0.29) is 18.4 Å². The van der Waals surface area contributed by atoms with Crippen molar-refractivity contribution in [3.8, 4) is 0 Å². The van der Waals surface area contributed by atoms with E-state index in [9.17, 15) is 0 Å². The van der Waals surface area contributed by atoms with Crippen LogP contribution in [0.4, 0.5) is 0 Å². The summed E-state index contributed by atoms with van der Waals surface area (Å²) in [6, 6.07) is 0. The Hall–Kier alpha value is -0.0800. The highest BCUT2D eigenvalue weighted by atomic mass is 16.5. The Kier molecular flexibility index (Phi) is 7.49. The molecule has 0 unspecified atom stereocenters. The predicted molar refractivity (Wildman–Crippen MR) is 67.3 cm³/mol. The monoisotopic (exact) mass is 218 g/mol. The molecule has 0 bridgehead atoms. The van der Waals surface area contributed by atoms with Gasteiger partial charge in [0, 0.05) is 5.41 Å². The maximum Gasteiger partial charge on any atom is 0.0598 e. The molecular formula is C13H30O2.